The zero-order chi connectivity index (χ0) is 23.9. The van der Waals surface area contributed by atoms with Gasteiger partial charge in [-0.3, -0.25) is 4.57 Å². The molecule has 2 fully saturated rings. The third-order valence-corrected chi connectivity index (χ3v) is 8.27. The summed E-state index contributed by atoms with van der Waals surface area (Å²) in [7, 11) is -3.12. The second kappa shape index (κ2) is 9.06. The highest BCUT2D eigenvalue weighted by Gasteiger charge is 2.29. The number of aliphatic hydroxyl groups excluding tert-OH is 1. The molecule has 12 heteroatoms. The predicted molar refractivity (Wildman–Crippen MR) is 124 cm³/mol. The van der Waals surface area contributed by atoms with Crippen molar-refractivity contribution in [3.63, 3.8) is 0 Å². The van der Waals surface area contributed by atoms with E-state index in [2.05, 4.69) is 25.6 Å². The molecule has 2 aliphatic rings. The minimum atomic E-state index is -3.12. The number of anilines is 3. The second-order valence-corrected chi connectivity index (χ2v) is 11.3. The lowest BCUT2D eigenvalue weighted by atomic mass is 9.93. The molecule has 9 nitrogen and oxygen atoms in total. The zero-order valence-corrected chi connectivity index (χ0v) is 19.2. The Bertz CT molecular complexity index is 1270. The van der Waals surface area contributed by atoms with Gasteiger partial charge in [-0.25, -0.2) is 27.2 Å². The fourth-order valence-corrected chi connectivity index (χ4v) is 6.13. The summed E-state index contributed by atoms with van der Waals surface area (Å²) in [5.74, 6) is -0.926. The molecule has 3 heterocycles. The number of para-hydroxylation sites is 1. The maximum Gasteiger partial charge on any atom is 0.224 e. The minimum Gasteiger partial charge on any atom is -0.393 e. The Labute approximate surface area is 195 Å². The van der Waals surface area contributed by atoms with Crippen molar-refractivity contribution >= 4 is 38.6 Å². The molecular weight excluding hydrogens is 466 g/mol. The van der Waals surface area contributed by atoms with Crippen molar-refractivity contribution in [2.75, 3.05) is 22.1 Å². The molecule has 0 atom stereocenters. The average Bonchev–Trinajstić information content (AvgIpc) is 3.15. The summed E-state index contributed by atoms with van der Waals surface area (Å²) in [6, 6.07) is 3.43. The van der Waals surface area contributed by atoms with Crippen LogP contribution in [0.5, 0.6) is 0 Å². The summed E-state index contributed by atoms with van der Waals surface area (Å²) in [6.45, 7) is 0. The molecule has 0 radical (unpaired) electrons. The number of nitrogens with zero attached hydrogens (tertiary/aromatic N) is 4. The van der Waals surface area contributed by atoms with Crippen LogP contribution in [0.25, 0.3) is 11.2 Å². The van der Waals surface area contributed by atoms with E-state index in [0.29, 0.717) is 42.8 Å². The summed E-state index contributed by atoms with van der Waals surface area (Å²) in [4.78, 5) is 13.5. The van der Waals surface area contributed by atoms with Crippen LogP contribution in [0.4, 0.5) is 26.4 Å². The molecule has 1 aliphatic heterocycles. The molecule has 2 aromatic heterocycles. The lowest BCUT2D eigenvalue weighted by molar-refractivity contribution is 0.126. The first-order valence-electron chi connectivity index (χ1n) is 11.4. The third kappa shape index (κ3) is 4.69. The van der Waals surface area contributed by atoms with Gasteiger partial charge in [0.15, 0.2) is 5.65 Å². The van der Waals surface area contributed by atoms with Gasteiger partial charge < -0.3 is 15.7 Å². The number of sulfone groups is 1. The number of rotatable bonds is 5. The van der Waals surface area contributed by atoms with Crippen LogP contribution in [0, 0.1) is 11.6 Å². The van der Waals surface area contributed by atoms with E-state index in [1.165, 1.54) is 6.07 Å². The fourth-order valence-electron chi connectivity index (χ4n) is 4.66. The van der Waals surface area contributed by atoms with Crippen LogP contribution in [0.15, 0.2) is 24.4 Å². The summed E-state index contributed by atoms with van der Waals surface area (Å²) in [5.41, 5.74) is 0.545. The Balaban J connectivity index is 1.52. The number of halogens is 2. The molecule has 1 aliphatic carbocycles. The number of benzene rings is 1. The van der Waals surface area contributed by atoms with Crippen molar-refractivity contribution in [1.29, 1.82) is 0 Å². The molecule has 0 amide bonds. The number of fused-ring (bicyclic) bond motifs is 1. The highest BCUT2D eigenvalue weighted by atomic mass is 32.2. The highest BCUT2D eigenvalue weighted by Crippen LogP contribution is 2.34. The van der Waals surface area contributed by atoms with Gasteiger partial charge in [-0.15, -0.1) is 0 Å². The summed E-state index contributed by atoms with van der Waals surface area (Å²) in [6.07, 6.45) is 4.95. The van der Waals surface area contributed by atoms with Crippen LogP contribution in [0.1, 0.15) is 44.6 Å². The van der Waals surface area contributed by atoms with E-state index in [4.69, 9.17) is 0 Å². The van der Waals surface area contributed by atoms with Crippen molar-refractivity contribution < 1.29 is 22.3 Å². The Morgan fingerprint density at radius 1 is 1.00 bits per heavy atom. The van der Waals surface area contributed by atoms with E-state index in [1.54, 1.807) is 10.8 Å². The van der Waals surface area contributed by atoms with E-state index >= 15 is 0 Å². The lowest BCUT2D eigenvalue weighted by Gasteiger charge is -2.26. The summed E-state index contributed by atoms with van der Waals surface area (Å²) >= 11 is 0. The van der Waals surface area contributed by atoms with Crippen molar-refractivity contribution in [3.8, 4) is 0 Å². The largest absolute Gasteiger partial charge is 0.393 e. The van der Waals surface area contributed by atoms with Crippen molar-refractivity contribution in [3.05, 3.63) is 36.0 Å². The highest BCUT2D eigenvalue weighted by molar-refractivity contribution is 7.91. The first-order chi connectivity index (χ1) is 16.3. The Morgan fingerprint density at radius 2 is 1.68 bits per heavy atom. The monoisotopic (exact) mass is 492 g/mol. The molecule has 3 N–H and O–H groups in total. The molecular formula is C22H26F2N6O3S. The number of imidazole rings is 1. The van der Waals surface area contributed by atoms with Gasteiger partial charge in [0.25, 0.3) is 0 Å². The third-order valence-electron chi connectivity index (χ3n) is 6.55. The van der Waals surface area contributed by atoms with Gasteiger partial charge in [0.05, 0.1) is 23.8 Å². The summed E-state index contributed by atoms with van der Waals surface area (Å²) < 4.78 is 54.4. The minimum absolute atomic E-state index is 0.0193. The molecule has 1 saturated heterocycles. The molecule has 3 aromatic rings. The van der Waals surface area contributed by atoms with Crippen LogP contribution >= 0.6 is 0 Å². The molecule has 1 saturated carbocycles. The summed E-state index contributed by atoms with van der Waals surface area (Å²) in [5, 5.41) is 15.8. The van der Waals surface area contributed by atoms with Crippen LogP contribution in [-0.2, 0) is 9.84 Å². The number of hydrogen-bond donors (Lipinski definition) is 3. The van der Waals surface area contributed by atoms with Gasteiger partial charge in [0.2, 0.25) is 11.9 Å². The maximum atomic E-state index is 14.3. The molecule has 0 unspecified atom stereocenters. The van der Waals surface area contributed by atoms with Gasteiger partial charge in [-0.1, -0.05) is 6.07 Å². The lowest BCUT2D eigenvalue weighted by Crippen LogP contribution is -2.29. The van der Waals surface area contributed by atoms with Crippen LogP contribution < -0.4 is 10.6 Å². The standard InChI is InChI=1S/C22H26F2N6O3S/c23-16-2-1-3-17(24)19(16)28-22-27-18-12-25-21(26-13-4-6-15(31)7-5-13)29-20(18)30(22)14-8-10-34(32,33)11-9-14/h1-3,12-15,31H,4-11H2,(H,27,28)(H,25,26,29)/t13-,15-. The van der Waals surface area contributed by atoms with E-state index in [-0.39, 0.29) is 41.3 Å². The van der Waals surface area contributed by atoms with Gasteiger partial charge in [-0.05, 0) is 50.7 Å². The maximum absolute atomic E-state index is 14.3. The fraction of sp³-hybridized carbons (Fsp3) is 0.500. The van der Waals surface area contributed by atoms with E-state index in [0.717, 1.165) is 25.0 Å². The van der Waals surface area contributed by atoms with Crippen molar-refractivity contribution in [2.24, 2.45) is 0 Å². The van der Waals surface area contributed by atoms with E-state index in [1.807, 2.05) is 0 Å². The zero-order valence-electron chi connectivity index (χ0n) is 18.4. The molecule has 5 rings (SSSR count). The SMILES string of the molecule is O=S1(=O)CCC(n2c(Nc3c(F)cccc3F)nc3cnc(N[C@H]4CC[C@H](O)CC4)nc32)CC1. The van der Waals surface area contributed by atoms with E-state index < -0.39 is 21.5 Å². The number of hydrogen-bond acceptors (Lipinski definition) is 8. The smallest absolute Gasteiger partial charge is 0.224 e. The van der Waals surface area contributed by atoms with Crippen LogP contribution in [-0.4, -0.2) is 56.7 Å². The molecule has 1 aromatic carbocycles. The molecule has 34 heavy (non-hydrogen) atoms. The molecule has 0 bridgehead atoms. The second-order valence-electron chi connectivity index (χ2n) is 8.96. The quantitative estimate of drug-likeness (QED) is 0.496. The average molecular weight is 493 g/mol. The Kier molecular flexibility index (Phi) is 6.11. The van der Waals surface area contributed by atoms with Crippen molar-refractivity contribution in [2.45, 2.75) is 56.7 Å². The Hall–Kier alpha value is -2.86. The number of aromatic nitrogens is 4. The first-order valence-corrected chi connectivity index (χ1v) is 13.2. The van der Waals surface area contributed by atoms with Gasteiger partial charge in [0.1, 0.15) is 32.7 Å². The van der Waals surface area contributed by atoms with Crippen LogP contribution in [0.2, 0.25) is 0 Å². The van der Waals surface area contributed by atoms with Gasteiger partial charge in [0, 0.05) is 12.1 Å². The number of nitrogens with one attached hydrogen (secondary N) is 2. The topological polar surface area (TPSA) is 122 Å². The number of aliphatic hydroxyl groups is 1. The first kappa shape index (κ1) is 22.9. The van der Waals surface area contributed by atoms with E-state index in [9.17, 15) is 22.3 Å². The normalized spacial score (nSPS) is 23.1. The van der Waals surface area contributed by atoms with Gasteiger partial charge >= 0.3 is 0 Å². The van der Waals surface area contributed by atoms with Crippen LogP contribution in [0.3, 0.4) is 0 Å². The Morgan fingerprint density at radius 3 is 2.35 bits per heavy atom. The molecule has 182 valence electrons. The molecule has 0 spiro atoms. The predicted octanol–water partition coefficient (Wildman–Crippen LogP) is 3.31. The van der Waals surface area contributed by atoms with Crippen molar-refractivity contribution in [1.82, 2.24) is 19.5 Å². The van der Waals surface area contributed by atoms with Gasteiger partial charge in [-0.2, -0.15) is 4.98 Å².